The number of hydrogen-bond acceptors (Lipinski definition) is 5. The second-order valence-corrected chi connectivity index (χ2v) is 9.05. The Hall–Kier alpha value is -1.09. The first-order valence-corrected chi connectivity index (χ1v) is 10.7. The van der Waals surface area contributed by atoms with E-state index in [1.165, 1.54) is 40.3 Å². The lowest BCUT2D eigenvalue weighted by atomic mass is 10.1. The lowest BCUT2D eigenvalue weighted by Crippen LogP contribution is -2.42. The van der Waals surface area contributed by atoms with Crippen LogP contribution in [0, 0.1) is 0 Å². The molecule has 0 saturated carbocycles. The summed E-state index contributed by atoms with van der Waals surface area (Å²) in [6.45, 7) is 2.90. The Morgan fingerprint density at radius 3 is 2.42 bits per heavy atom. The summed E-state index contributed by atoms with van der Waals surface area (Å²) >= 11 is 1.50. The molecule has 1 aromatic carbocycles. The van der Waals surface area contributed by atoms with Crippen LogP contribution in [0.3, 0.4) is 0 Å². The Morgan fingerprint density at radius 2 is 1.88 bits per heavy atom. The second-order valence-electron chi connectivity index (χ2n) is 6.25. The highest BCUT2D eigenvalue weighted by atomic mass is 32.2. The van der Waals surface area contributed by atoms with Crippen molar-refractivity contribution in [2.75, 3.05) is 31.6 Å². The van der Waals surface area contributed by atoms with Crippen LogP contribution in [0.25, 0.3) is 0 Å². The van der Waals surface area contributed by atoms with Crippen LogP contribution in [0.1, 0.15) is 30.1 Å². The molecular weight excluding hydrogens is 348 g/mol. The summed E-state index contributed by atoms with van der Waals surface area (Å²) in [7, 11) is -3.47. The molecule has 0 spiro atoms. The molecule has 2 N–H and O–H groups in total. The zero-order valence-electron chi connectivity index (χ0n) is 14.0. The third-order valence-electron chi connectivity index (χ3n) is 3.90. The normalized spacial score (nSPS) is 18.3. The zero-order chi connectivity index (χ0) is 17.8. The van der Waals surface area contributed by atoms with Gasteiger partial charge in [-0.25, -0.2) is 8.42 Å². The monoisotopic (exact) mass is 372 g/mol. The van der Waals surface area contributed by atoms with E-state index in [0.717, 1.165) is 12.8 Å². The Bertz CT molecular complexity index is 666. The SMILES string of the molecule is CSC[C@](C)(O)CNC(=O)c1ccc(S(=O)(=O)N2CCCC2)cc1. The quantitative estimate of drug-likeness (QED) is 0.754. The van der Waals surface area contributed by atoms with E-state index in [-0.39, 0.29) is 17.3 Å². The van der Waals surface area contributed by atoms with E-state index in [2.05, 4.69) is 5.32 Å². The summed E-state index contributed by atoms with van der Waals surface area (Å²) in [5.74, 6) is 0.182. The number of nitrogens with one attached hydrogen (secondary N) is 1. The van der Waals surface area contributed by atoms with Gasteiger partial charge in [-0.2, -0.15) is 16.1 Å². The third-order valence-corrected chi connectivity index (χ3v) is 6.73. The van der Waals surface area contributed by atoms with Crippen molar-refractivity contribution in [1.29, 1.82) is 0 Å². The van der Waals surface area contributed by atoms with Gasteiger partial charge in [0.1, 0.15) is 0 Å². The third kappa shape index (κ3) is 4.72. The fourth-order valence-corrected chi connectivity index (χ4v) is 4.83. The van der Waals surface area contributed by atoms with Crippen LogP contribution < -0.4 is 5.32 Å². The van der Waals surface area contributed by atoms with Crippen LogP contribution in [0.2, 0.25) is 0 Å². The molecule has 0 unspecified atom stereocenters. The predicted octanol–water partition coefficient (Wildman–Crippen LogP) is 1.31. The minimum Gasteiger partial charge on any atom is -0.387 e. The van der Waals surface area contributed by atoms with Gasteiger partial charge in [-0.05, 0) is 50.3 Å². The van der Waals surface area contributed by atoms with E-state index >= 15 is 0 Å². The topological polar surface area (TPSA) is 86.7 Å². The van der Waals surface area contributed by atoms with Crippen molar-refractivity contribution in [3.63, 3.8) is 0 Å². The van der Waals surface area contributed by atoms with Crippen LogP contribution in [0.4, 0.5) is 0 Å². The van der Waals surface area contributed by atoms with Gasteiger partial charge < -0.3 is 10.4 Å². The van der Waals surface area contributed by atoms with Gasteiger partial charge in [-0.1, -0.05) is 0 Å². The Labute approximate surface area is 147 Å². The van der Waals surface area contributed by atoms with Crippen molar-refractivity contribution in [2.45, 2.75) is 30.3 Å². The average molecular weight is 373 g/mol. The molecule has 1 aliphatic rings. The summed E-state index contributed by atoms with van der Waals surface area (Å²) in [4.78, 5) is 12.3. The number of benzene rings is 1. The van der Waals surface area contributed by atoms with Crippen LogP contribution in [0.5, 0.6) is 0 Å². The molecule has 1 atom stereocenters. The number of thioether (sulfide) groups is 1. The number of carbonyl (C=O) groups excluding carboxylic acids is 1. The van der Waals surface area contributed by atoms with Gasteiger partial charge >= 0.3 is 0 Å². The minimum atomic E-state index is -3.47. The summed E-state index contributed by atoms with van der Waals surface area (Å²) in [6.07, 6.45) is 3.65. The maximum Gasteiger partial charge on any atom is 0.251 e. The molecule has 1 aliphatic heterocycles. The molecular formula is C16H24N2O4S2. The van der Waals surface area contributed by atoms with Crippen molar-refractivity contribution in [3.05, 3.63) is 29.8 Å². The molecule has 1 saturated heterocycles. The fourth-order valence-electron chi connectivity index (χ4n) is 2.59. The molecule has 1 fully saturated rings. The maximum atomic E-state index is 12.4. The Balaban J connectivity index is 2.02. The second kappa shape index (κ2) is 7.86. The summed E-state index contributed by atoms with van der Waals surface area (Å²) in [6, 6.07) is 5.92. The first kappa shape index (κ1) is 19.2. The molecule has 6 nitrogen and oxygen atoms in total. The van der Waals surface area contributed by atoms with E-state index in [0.29, 0.717) is 24.4 Å². The summed E-state index contributed by atoms with van der Waals surface area (Å²) in [5, 5.41) is 12.7. The number of amides is 1. The Kier molecular flexibility index (Phi) is 6.30. The lowest BCUT2D eigenvalue weighted by Gasteiger charge is -2.22. The van der Waals surface area contributed by atoms with Gasteiger partial charge in [0.2, 0.25) is 10.0 Å². The van der Waals surface area contributed by atoms with E-state index in [9.17, 15) is 18.3 Å². The first-order chi connectivity index (χ1) is 11.3. The van der Waals surface area contributed by atoms with Crippen molar-refractivity contribution in [2.24, 2.45) is 0 Å². The maximum absolute atomic E-state index is 12.4. The van der Waals surface area contributed by atoms with Gasteiger partial charge in [0.25, 0.3) is 5.91 Å². The lowest BCUT2D eigenvalue weighted by molar-refractivity contribution is 0.0725. The number of hydrogen-bond donors (Lipinski definition) is 2. The van der Waals surface area contributed by atoms with Crippen molar-refractivity contribution < 1.29 is 18.3 Å². The molecule has 0 radical (unpaired) electrons. The van der Waals surface area contributed by atoms with Gasteiger partial charge in [0.15, 0.2) is 0 Å². The molecule has 8 heteroatoms. The molecule has 0 aliphatic carbocycles. The van der Waals surface area contributed by atoms with Gasteiger partial charge in [0, 0.05) is 31.0 Å². The number of carbonyl (C=O) groups is 1. The molecule has 0 aromatic heterocycles. The van der Waals surface area contributed by atoms with Crippen LogP contribution in [0.15, 0.2) is 29.2 Å². The van der Waals surface area contributed by atoms with E-state index in [4.69, 9.17) is 0 Å². The van der Waals surface area contributed by atoms with Gasteiger partial charge in [0.05, 0.1) is 10.5 Å². The first-order valence-electron chi connectivity index (χ1n) is 7.86. The summed E-state index contributed by atoms with van der Waals surface area (Å²) in [5.41, 5.74) is -0.607. The molecule has 24 heavy (non-hydrogen) atoms. The highest BCUT2D eigenvalue weighted by Crippen LogP contribution is 2.21. The number of sulfonamides is 1. The van der Waals surface area contributed by atoms with Crippen molar-refractivity contribution >= 4 is 27.7 Å². The fraction of sp³-hybridized carbons (Fsp3) is 0.562. The van der Waals surface area contributed by atoms with Gasteiger partial charge in [-0.15, -0.1) is 0 Å². The highest BCUT2D eigenvalue weighted by Gasteiger charge is 2.27. The highest BCUT2D eigenvalue weighted by molar-refractivity contribution is 7.98. The zero-order valence-corrected chi connectivity index (χ0v) is 15.6. The van der Waals surface area contributed by atoms with Gasteiger partial charge in [-0.3, -0.25) is 4.79 Å². The van der Waals surface area contributed by atoms with E-state index in [1.54, 1.807) is 6.92 Å². The molecule has 1 aromatic rings. The van der Waals surface area contributed by atoms with Crippen molar-refractivity contribution in [3.8, 4) is 0 Å². The predicted molar refractivity (Wildman–Crippen MR) is 95.8 cm³/mol. The van der Waals surface area contributed by atoms with Crippen LogP contribution in [-0.4, -0.2) is 61.0 Å². The minimum absolute atomic E-state index is 0.139. The van der Waals surface area contributed by atoms with Crippen LogP contribution >= 0.6 is 11.8 Å². The molecule has 134 valence electrons. The molecule has 1 amide bonds. The largest absolute Gasteiger partial charge is 0.387 e. The molecule has 1 heterocycles. The number of aliphatic hydroxyl groups is 1. The van der Waals surface area contributed by atoms with Crippen molar-refractivity contribution in [1.82, 2.24) is 9.62 Å². The smallest absolute Gasteiger partial charge is 0.251 e. The van der Waals surface area contributed by atoms with E-state index < -0.39 is 15.6 Å². The van der Waals surface area contributed by atoms with E-state index in [1.807, 2.05) is 6.26 Å². The number of rotatable bonds is 7. The molecule has 2 rings (SSSR count). The Morgan fingerprint density at radius 1 is 1.29 bits per heavy atom. The average Bonchev–Trinajstić information content (AvgIpc) is 3.08. The van der Waals surface area contributed by atoms with Crippen LogP contribution in [-0.2, 0) is 10.0 Å². The summed E-state index contributed by atoms with van der Waals surface area (Å²) < 4.78 is 26.3. The number of nitrogens with zero attached hydrogens (tertiary/aromatic N) is 1. The standard InChI is InChI=1S/C16H24N2O4S2/c1-16(20,12-23-2)11-17-15(19)13-5-7-14(8-6-13)24(21,22)18-9-3-4-10-18/h5-8,20H,3-4,9-12H2,1-2H3,(H,17,19)/t16-/m1/s1. The molecule has 0 bridgehead atoms.